The van der Waals surface area contributed by atoms with Gasteiger partial charge in [0, 0.05) is 5.56 Å². The van der Waals surface area contributed by atoms with Crippen molar-refractivity contribution in [3.63, 3.8) is 0 Å². The van der Waals surface area contributed by atoms with Crippen LogP contribution in [-0.4, -0.2) is 25.3 Å². The van der Waals surface area contributed by atoms with Crippen LogP contribution in [0.25, 0.3) is 0 Å². The smallest absolute Gasteiger partial charge is 0.222 e. The summed E-state index contributed by atoms with van der Waals surface area (Å²) in [4.78, 5) is 12.3. The van der Waals surface area contributed by atoms with Crippen molar-refractivity contribution in [2.45, 2.75) is 45.8 Å². The van der Waals surface area contributed by atoms with E-state index in [-0.39, 0.29) is 5.78 Å². The molecule has 3 heteroatoms. The molecule has 0 aliphatic rings. The molecule has 0 saturated carbocycles. The van der Waals surface area contributed by atoms with Gasteiger partial charge < -0.3 is 9.47 Å². The zero-order valence-electron chi connectivity index (χ0n) is 11.9. The number of hydrogen-bond donors (Lipinski definition) is 0. The normalized spacial score (nSPS) is 10.9. The van der Waals surface area contributed by atoms with Gasteiger partial charge in [-0.3, -0.25) is 4.79 Å². The fourth-order valence-electron chi connectivity index (χ4n) is 1.61. The zero-order chi connectivity index (χ0) is 13.9. The van der Waals surface area contributed by atoms with Crippen molar-refractivity contribution in [1.29, 1.82) is 0 Å². The van der Waals surface area contributed by atoms with Crippen LogP contribution in [-0.2, 0) is 9.47 Å². The van der Waals surface area contributed by atoms with Crippen LogP contribution in [0.15, 0.2) is 30.3 Å². The third kappa shape index (κ3) is 5.99. The van der Waals surface area contributed by atoms with Gasteiger partial charge in [0.25, 0.3) is 0 Å². The first kappa shape index (κ1) is 15.9. The summed E-state index contributed by atoms with van der Waals surface area (Å²) in [5.74, 6) is -0.0900. The minimum Gasteiger partial charge on any atom is -0.346 e. The number of hydrogen-bond acceptors (Lipinski definition) is 3. The molecule has 19 heavy (non-hydrogen) atoms. The number of carbonyl (C=O) groups is 1. The Bertz CT molecular complexity index is 338. The van der Waals surface area contributed by atoms with Gasteiger partial charge in [-0.25, -0.2) is 0 Å². The summed E-state index contributed by atoms with van der Waals surface area (Å²) in [7, 11) is 0. The SMILES string of the molecule is CCCCOC(OCCCC)C(=O)c1ccccc1. The number of rotatable bonds is 10. The highest BCUT2D eigenvalue weighted by Crippen LogP contribution is 2.09. The summed E-state index contributed by atoms with van der Waals surface area (Å²) in [5, 5.41) is 0. The monoisotopic (exact) mass is 264 g/mol. The molecule has 0 aromatic heterocycles. The summed E-state index contributed by atoms with van der Waals surface area (Å²) < 4.78 is 11.1. The molecule has 0 heterocycles. The van der Waals surface area contributed by atoms with E-state index in [4.69, 9.17) is 9.47 Å². The number of benzene rings is 1. The van der Waals surface area contributed by atoms with E-state index in [2.05, 4.69) is 13.8 Å². The van der Waals surface area contributed by atoms with Crippen LogP contribution < -0.4 is 0 Å². The molecule has 0 radical (unpaired) electrons. The average Bonchev–Trinajstić information content (AvgIpc) is 2.46. The zero-order valence-corrected chi connectivity index (χ0v) is 11.9. The summed E-state index contributed by atoms with van der Waals surface area (Å²) in [6, 6.07) is 9.18. The molecule has 106 valence electrons. The third-order valence-corrected chi connectivity index (χ3v) is 2.81. The quantitative estimate of drug-likeness (QED) is 0.366. The van der Waals surface area contributed by atoms with E-state index < -0.39 is 6.29 Å². The summed E-state index contributed by atoms with van der Waals surface area (Å²) in [6.07, 6.45) is 3.20. The lowest BCUT2D eigenvalue weighted by atomic mass is 10.1. The lowest BCUT2D eigenvalue weighted by Gasteiger charge is -2.17. The molecule has 0 spiro atoms. The van der Waals surface area contributed by atoms with Crippen molar-refractivity contribution in [3.8, 4) is 0 Å². The van der Waals surface area contributed by atoms with Gasteiger partial charge in [-0.1, -0.05) is 57.0 Å². The number of Topliss-reactive ketones (excluding diaryl/α,β-unsaturated/α-hetero) is 1. The number of ether oxygens (including phenoxy) is 2. The molecule has 0 atom stereocenters. The Labute approximate surface area is 115 Å². The number of ketones is 1. The van der Waals surface area contributed by atoms with Crippen LogP contribution in [0.3, 0.4) is 0 Å². The second kappa shape index (κ2) is 9.70. The Balaban J connectivity index is 2.57. The van der Waals surface area contributed by atoms with Crippen molar-refractivity contribution in [2.75, 3.05) is 13.2 Å². The fourth-order valence-corrected chi connectivity index (χ4v) is 1.61. The molecule has 0 aliphatic heterocycles. The summed E-state index contributed by atoms with van der Waals surface area (Å²) in [6.45, 7) is 5.31. The topological polar surface area (TPSA) is 35.5 Å². The molecular formula is C16H24O3. The Morgan fingerprint density at radius 1 is 1.00 bits per heavy atom. The van der Waals surface area contributed by atoms with Crippen LogP contribution in [0.5, 0.6) is 0 Å². The maximum atomic E-state index is 12.3. The maximum absolute atomic E-state index is 12.3. The maximum Gasteiger partial charge on any atom is 0.222 e. The Morgan fingerprint density at radius 2 is 1.53 bits per heavy atom. The van der Waals surface area contributed by atoms with Gasteiger partial charge in [0.05, 0.1) is 13.2 Å². The van der Waals surface area contributed by atoms with Crippen molar-refractivity contribution in [2.24, 2.45) is 0 Å². The first-order valence-corrected chi connectivity index (χ1v) is 7.12. The molecule has 0 fully saturated rings. The minimum atomic E-state index is -0.763. The third-order valence-electron chi connectivity index (χ3n) is 2.81. The highest BCUT2D eigenvalue weighted by molar-refractivity contribution is 5.98. The Kier molecular flexibility index (Phi) is 8.10. The average molecular weight is 264 g/mol. The van der Waals surface area contributed by atoms with E-state index in [1.807, 2.05) is 18.2 Å². The van der Waals surface area contributed by atoms with E-state index in [1.165, 1.54) is 0 Å². The fraction of sp³-hybridized carbons (Fsp3) is 0.562. The number of unbranched alkanes of at least 4 members (excludes halogenated alkanes) is 2. The predicted molar refractivity (Wildman–Crippen MR) is 76.3 cm³/mol. The molecule has 3 nitrogen and oxygen atoms in total. The molecule has 1 rings (SSSR count). The second-order valence-corrected chi connectivity index (χ2v) is 4.51. The predicted octanol–water partition coefficient (Wildman–Crippen LogP) is 3.83. The van der Waals surface area contributed by atoms with E-state index in [0.717, 1.165) is 25.7 Å². The highest BCUT2D eigenvalue weighted by atomic mass is 16.7. The molecule has 1 aromatic rings. The van der Waals surface area contributed by atoms with E-state index >= 15 is 0 Å². The second-order valence-electron chi connectivity index (χ2n) is 4.51. The van der Waals surface area contributed by atoms with E-state index in [1.54, 1.807) is 12.1 Å². The van der Waals surface area contributed by atoms with Crippen molar-refractivity contribution in [3.05, 3.63) is 35.9 Å². The number of carbonyl (C=O) groups excluding carboxylic acids is 1. The van der Waals surface area contributed by atoms with Crippen LogP contribution in [0.2, 0.25) is 0 Å². The van der Waals surface area contributed by atoms with Crippen LogP contribution >= 0.6 is 0 Å². The van der Waals surface area contributed by atoms with Gasteiger partial charge in [-0.2, -0.15) is 0 Å². The van der Waals surface area contributed by atoms with Gasteiger partial charge in [0.2, 0.25) is 12.1 Å². The highest BCUT2D eigenvalue weighted by Gasteiger charge is 2.20. The van der Waals surface area contributed by atoms with Gasteiger partial charge >= 0.3 is 0 Å². The van der Waals surface area contributed by atoms with Crippen molar-refractivity contribution in [1.82, 2.24) is 0 Å². The Hall–Kier alpha value is -1.19. The molecule has 0 bridgehead atoms. The minimum absolute atomic E-state index is 0.0900. The molecular weight excluding hydrogens is 240 g/mol. The largest absolute Gasteiger partial charge is 0.346 e. The van der Waals surface area contributed by atoms with Gasteiger partial charge in [0.15, 0.2) is 0 Å². The van der Waals surface area contributed by atoms with Crippen LogP contribution in [0, 0.1) is 0 Å². The molecule has 0 saturated heterocycles. The lowest BCUT2D eigenvalue weighted by molar-refractivity contribution is -0.115. The van der Waals surface area contributed by atoms with Gasteiger partial charge in [-0.05, 0) is 12.8 Å². The van der Waals surface area contributed by atoms with Crippen LogP contribution in [0.4, 0.5) is 0 Å². The first-order chi connectivity index (χ1) is 9.29. The Morgan fingerprint density at radius 3 is 2.00 bits per heavy atom. The molecule has 0 unspecified atom stereocenters. The lowest BCUT2D eigenvalue weighted by Crippen LogP contribution is -2.28. The van der Waals surface area contributed by atoms with Gasteiger partial charge in [0.1, 0.15) is 0 Å². The van der Waals surface area contributed by atoms with Crippen molar-refractivity contribution >= 4 is 5.78 Å². The first-order valence-electron chi connectivity index (χ1n) is 7.12. The molecule has 1 aromatic carbocycles. The van der Waals surface area contributed by atoms with E-state index in [0.29, 0.717) is 18.8 Å². The molecule has 0 N–H and O–H groups in total. The summed E-state index contributed by atoms with van der Waals surface area (Å²) in [5.41, 5.74) is 0.639. The van der Waals surface area contributed by atoms with E-state index in [9.17, 15) is 4.79 Å². The molecule has 0 aliphatic carbocycles. The molecule has 0 amide bonds. The van der Waals surface area contributed by atoms with Crippen LogP contribution in [0.1, 0.15) is 49.9 Å². The van der Waals surface area contributed by atoms with Gasteiger partial charge in [-0.15, -0.1) is 0 Å². The van der Waals surface area contributed by atoms with Crippen molar-refractivity contribution < 1.29 is 14.3 Å². The summed E-state index contributed by atoms with van der Waals surface area (Å²) >= 11 is 0. The standard InChI is InChI=1S/C16H24O3/c1-3-5-12-18-16(19-13-6-4-2)15(17)14-10-8-7-9-11-14/h7-11,16H,3-6,12-13H2,1-2H3.